The van der Waals surface area contributed by atoms with Crippen LogP contribution in [0.5, 0.6) is 0 Å². The summed E-state index contributed by atoms with van der Waals surface area (Å²) in [6.07, 6.45) is 3.63. The number of nitrogens with one attached hydrogen (secondary N) is 1. The molecule has 4 heteroatoms. The summed E-state index contributed by atoms with van der Waals surface area (Å²) >= 11 is 6.22. The van der Waals surface area contributed by atoms with Crippen LogP contribution in [0.15, 0.2) is 54.9 Å². The maximum absolute atomic E-state index is 6.22. The highest BCUT2D eigenvalue weighted by Crippen LogP contribution is 2.20. The maximum Gasteiger partial charge on any atom is 0.134 e. The van der Waals surface area contributed by atoms with E-state index >= 15 is 0 Å². The molecular weight excluding hydrogens is 270 g/mol. The molecule has 20 heavy (non-hydrogen) atoms. The van der Waals surface area contributed by atoms with Gasteiger partial charge in [0.2, 0.25) is 0 Å². The molecule has 0 aliphatic heterocycles. The monoisotopic (exact) mass is 283 g/mol. The average molecular weight is 284 g/mol. The number of benzene rings is 1. The van der Waals surface area contributed by atoms with Crippen LogP contribution in [0.2, 0.25) is 5.15 Å². The predicted octanol–water partition coefficient (Wildman–Crippen LogP) is 3.57. The van der Waals surface area contributed by atoms with Crippen molar-refractivity contribution in [1.82, 2.24) is 15.3 Å². The zero-order valence-corrected chi connectivity index (χ0v) is 11.6. The standard InChI is InChI=1S/C16H14ClN3/c17-16-14(8-13-5-1-2-6-15(13)20-16)11-19-10-12-4-3-7-18-9-12/h1-9,19H,10-11H2. The largest absolute Gasteiger partial charge is 0.308 e. The molecule has 0 radical (unpaired) electrons. The van der Waals surface area contributed by atoms with E-state index in [-0.39, 0.29) is 0 Å². The van der Waals surface area contributed by atoms with E-state index in [0.29, 0.717) is 11.7 Å². The van der Waals surface area contributed by atoms with Crippen molar-refractivity contribution in [2.45, 2.75) is 13.1 Å². The number of hydrogen-bond donors (Lipinski definition) is 1. The first-order valence-corrected chi connectivity index (χ1v) is 6.84. The van der Waals surface area contributed by atoms with Crippen molar-refractivity contribution in [3.8, 4) is 0 Å². The van der Waals surface area contributed by atoms with E-state index in [0.717, 1.165) is 28.6 Å². The molecule has 0 aliphatic carbocycles. The van der Waals surface area contributed by atoms with Gasteiger partial charge in [-0.3, -0.25) is 4.98 Å². The first-order chi connectivity index (χ1) is 9.83. The fraction of sp³-hybridized carbons (Fsp3) is 0.125. The number of fused-ring (bicyclic) bond motifs is 1. The second-order valence-electron chi connectivity index (χ2n) is 4.60. The molecule has 2 aromatic heterocycles. The molecule has 1 aromatic carbocycles. The van der Waals surface area contributed by atoms with Crippen molar-refractivity contribution in [3.63, 3.8) is 0 Å². The van der Waals surface area contributed by atoms with E-state index in [1.807, 2.05) is 42.6 Å². The Labute approximate surface area is 122 Å². The SMILES string of the molecule is Clc1nc2ccccc2cc1CNCc1cccnc1. The highest BCUT2D eigenvalue weighted by molar-refractivity contribution is 6.30. The summed E-state index contributed by atoms with van der Waals surface area (Å²) < 4.78 is 0. The zero-order valence-electron chi connectivity index (χ0n) is 10.9. The third-order valence-corrected chi connectivity index (χ3v) is 3.44. The lowest BCUT2D eigenvalue weighted by Gasteiger charge is -2.08. The number of para-hydroxylation sites is 1. The molecule has 100 valence electrons. The number of aromatic nitrogens is 2. The molecule has 3 rings (SSSR count). The van der Waals surface area contributed by atoms with Crippen LogP contribution in [0.3, 0.4) is 0 Å². The van der Waals surface area contributed by atoms with Gasteiger partial charge in [-0.15, -0.1) is 0 Å². The van der Waals surface area contributed by atoms with Gasteiger partial charge >= 0.3 is 0 Å². The fourth-order valence-corrected chi connectivity index (χ4v) is 2.32. The van der Waals surface area contributed by atoms with Gasteiger partial charge in [-0.1, -0.05) is 35.9 Å². The Hall–Kier alpha value is -1.97. The van der Waals surface area contributed by atoms with Gasteiger partial charge in [0.25, 0.3) is 0 Å². The highest BCUT2D eigenvalue weighted by Gasteiger charge is 2.04. The smallest absolute Gasteiger partial charge is 0.134 e. The van der Waals surface area contributed by atoms with Crippen molar-refractivity contribution in [3.05, 3.63) is 71.1 Å². The number of nitrogens with zero attached hydrogens (tertiary/aromatic N) is 2. The molecule has 3 aromatic rings. The Balaban J connectivity index is 1.72. The second-order valence-corrected chi connectivity index (χ2v) is 4.95. The van der Waals surface area contributed by atoms with Gasteiger partial charge in [-0.05, 0) is 23.8 Å². The normalized spacial score (nSPS) is 10.8. The molecule has 0 aliphatic rings. The molecule has 0 amide bonds. The lowest BCUT2D eigenvalue weighted by atomic mass is 10.1. The molecule has 0 unspecified atom stereocenters. The van der Waals surface area contributed by atoms with Gasteiger partial charge in [0, 0.05) is 36.4 Å². The fourth-order valence-electron chi connectivity index (χ4n) is 2.10. The molecule has 2 heterocycles. The molecular formula is C16H14ClN3. The lowest BCUT2D eigenvalue weighted by Crippen LogP contribution is -2.13. The van der Waals surface area contributed by atoms with Gasteiger partial charge in [0.1, 0.15) is 5.15 Å². The molecule has 0 bridgehead atoms. The molecule has 0 spiro atoms. The van der Waals surface area contributed by atoms with Crippen LogP contribution < -0.4 is 5.32 Å². The first kappa shape index (κ1) is 13.0. The third kappa shape index (κ3) is 2.95. The topological polar surface area (TPSA) is 37.8 Å². The van der Waals surface area contributed by atoms with Gasteiger partial charge in [0.15, 0.2) is 0 Å². The lowest BCUT2D eigenvalue weighted by molar-refractivity contribution is 0.690. The van der Waals surface area contributed by atoms with E-state index in [1.165, 1.54) is 0 Å². The number of hydrogen-bond acceptors (Lipinski definition) is 3. The van der Waals surface area contributed by atoms with E-state index in [4.69, 9.17) is 11.6 Å². The summed E-state index contributed by atoms with van der Waals surface area (Å²) in [6.45, 7) is 1.45. The van der Waals surface area contributed by atoms with Crippen LogP contribution >= 0.6 is 11.6 Å². The highest BCUT2D eigenvalue weighted by atomic mass is 35.5. The number of halogens is 1. The van der Waals surface area contributed by atoms with Gasteiger partial charge < -0.3 is 5.32 Å². The van der Waals surface area contributed by atoms with E-state index in [2.05, 4.69) is 21.4 Å². The minimum atomic E-state index is 0.558. The van der Waals surface area contributed by atoms with E-state index in [9.17, 15) is 0 Å². The van der Waals surface area contributed by atoms with E-state index < -0.39 is 0 Å². The third-order valence-electron chi connectivity index (χ3n) is 3.12. The van der Waals surface area contributed by atoms with Crippen LogP contribution in [0.1, 0.15) is 11.1 Å². The van der Waals surface area contributed by atoms with Crippen LogP contribution in [-0.4, -0.2) is 9.97 Å². The predicted molar refractivity (Wildman–Crippen MR) is 81.5 cm³/mol. The van der Waals surface area contributed by atoms with Crippen molar-refractivity contribution < 1.29 is 0 Å². The molecule has 0 saturated carbocycles. The molecule has 0 saturated heterocycles. The Bertz CT molecular complexity index is 713. The van der Waals surface area contributed by atoms with E-state index in [1.54, 1.807) is 6.20 Å². The number of pyridine rings is 2. The summed E-state index contributed by atoms with van der Waals surface area (Å²) in [7, 11) is 0. The van der Waals surface area contributed by atoms with Crippen LogP contribution in [0.4, 0.5) is 0 Å². The van der Waals surface area contributed by atoms with Crippen LogP contribution in [0, 0.1) is 0 Å². The second kappa shape index (κ2) is 5.99. The maximum atomic E-state index is 6.22. The van der Waals surface area contributed by atoms with Crippen LogP contribution in [0.25, 0.3) is 10.9 Å². The molecule has 0 atom stereocenters. The molecule has 0 fully saturated rings. The number of rotatable bonds is 4. The molecule has 3 nitrogen and oxygen atoms in total. The Morgan fingerprint density at radius 2 is 1.95 bits per heavy atom. The average Bonchev–Trinajstić information content (AvgIpc) is 2.49. The zero-order chi connectivity index (χ0) is 13.8. The summed E-state index contributed by atoms with van der Waals surface area (Å²) in [4.78, 5) is 8.50. The molecule has 1 N–H and O–H groups in total. The van der Waals surface area contributed by atoms with Gasteiger partial charge in [-0.2, -0.15) is 0 Å². The van der Waals surface area contributed by atoms with Crippen molar-refractivity contribution >= 4 is 22.5 Å². The van der Waals surface area contributed by atoms with Crippen molar-refractivity contribution in [2.75, 3.05) is 0 Å². The Morgan fingerprint density at radius 1 is 1.05 bits per heavy atom. The van der Waals surface area contributed by atoms with Crippen molar-refractivity contribution in [2.24, 2.45) is 0 Å². The van der Waals surface area contributed by atoms with Crippen LogP contribution in [-0.2, 0) is 13.1 Å². The summed E-state index contributed by atoms with van der Waals surface area (Å²) in [5.41, 5.74) is 3.08. The minimum Gasteiger partial charge on any atom is -0.308 e. The summed E-state index contributed by atoms with van der Waals surface area (Å²) in [5.74, 6) is 0. The Kier molecular flexibility index (Phi) is 3.90. The Morgan fingerprint density at radius 3 is 2.80 bits per heavy atom. The summed E-state index contributed by atoms with van der Waals surface area (Å²) in [5, 5.41) is 5.02. The quantitative estimate of drug-likeness (QED) is 0.744. The van der Waals surface area contributed by atoms with Crippen molar-refractivity contribution in [1.29, 1.82) is 0 Å². The van der Waals surface area contributed by atoms with Gasteiger partial charge in [0.05, 0.1) is 5.52 Å². The summed E-state index contributed by atoms with van der Waals surface area (Å²) in [6, 6.07) is 14.0. The van der Waals surface area contributed by atoms with Gasteiger partial charge in [-0.25, -0.2) is 4.98 Å². The minimum absolute atomic E-state index is 0.558. The first-order valence-electron chi connectivity index (χ1n) is 6.47.